The van der Waals surface area contributed by atoms with E-state index in [1.54, 1.807) is 0 Å². The molecule has 1 aliphatic rings. The van der Waals surface area contributed by atoms with Gasteiger partial charge in [-0.1, -0.05) is 13.8 Å². The van der Waals surface area contributed by atoms with Crippen LogP contribution in [-0.2, 0) is 19.2 Å². The maximum atomic E-state index is 12.4. The quantitative estimate of drug-likeness (QED) is 0.361. The summed E-state index contributed by atoms with van der Waals surface area (Å²) in [6, 6.07) is -2.58. The molecule has 0 aromatic heterocycles. The topological polar surface area (TPSA) is 145 Å². The molecular weight excluding hydrogens is 330 g/mol. The summed E-state index contributed by atoms with van der Waals surface area (Å²) in [5, 5.41) is 26.0. The first-order valence-corrected chi connectivity index (χ1v) is 8.49. The van der Waals surface area contributed by atoms with Crippen molar-refractivity contribution in [2.24, 2.45) is 5.92 Å². The average molecular weight is 357 g/mol. The van der Waals surface area contributed by atoms with E-state index in [1.165, 1.54) is 0 Å². The van der Waals surface area contributed by atoms with E-state index in [0.717, 1.165) is 6.42 Å². The zero-order valence-electron chi connectivity index (χ0n) is 14.6. The van der Waals surface area contributed by atoms with Gasteiger partial charge in [-0.05, 0) is 38.1 Å². The number of carbonyl (C=O) groups excluding carboxylic acids is 2. The minimum Gasteiger partial charge on any atom is -0.481 e. The van der Waals surface area contributed by atoms with Crippen LogP contribution in [-0.4, -0.2) is 58.6 Å². The van der Waals surface area contributed by atoms with Crippen molar-refractivity contribution in [2.45, 2.75) is 64.1 Å². The van der Waals surface area contributed by atoms with Crippen molar-refractivity contribution < 1.29 is 29.4 Å². The fourth-order valence-corrected chi connectivity index (χ4v) is 2.68. The molecule has 1 heterocycles. The van der Waals surface area contributed by atoms with Gasteiger partial charge in [0.1, 0.15) is 12.1 Å². The molecule has 0 radical (unpaired) electrons. The lowest BCUT2D eigenvalue weighted by Gasteiger charge is -2.23. The minimum atomic E-state index is -1.16. The summed E-state index contributed by atoms with van der Waals surface area (Å²) < 4.78 is 0. The predicted molar refractivity (Wildman–Crippen MR) is 88.8 cm³/mol. The third kappa shape index (κ3) is 7.51. The standard InChI is InChI=1S/C16H27N3O6/c1-9(2)8-12(16(24)25)19-15(23)11(5-6-13(20)21)18-14(22)10-4-3-7-17-10/h9-12,17H,3-8H2,1-2H3,(H,18,22)(H,19,23)(H,20,21)(H,24,25)/t10-,11-,12-/m0/s1. The van der Waals surface area contributed by atoms with Crippen LogP contribution in [0.25, 0.3) is 0 Å². The number of aliphatic carboxylic acids is 2. The van der Waals surface area contributed by atoms with Gasteiger partial charge in [-0.3, -0.25) is 14.4 Å². The molecule has 3 atom stereocenters. The zero-order chi connectivity index (χ0) is 19.0. The van der Waals surface area contributed by atoms with Crippen LogP contribution >= 0.6 is 0 Å². The van der Waals surface area contributed by atoms with Crippen molar-refractivity contribution in [3.63, 3.8) is 0 Å². The van der Waals surface area contributed by atoms with Gasteiger partial charge >= 0.3 is 11.9 Å². The molecule has 0 saturated carbocycles. The Morgan fingerprint density at radius 1 is 1.12 bits per heavy atom. The van der Waals surface area contributed by atoms with Crippen LogP contribution in [0.1, 0.15) is 46.0 Å². The third-order valence-electron chi connectivity index (χ3n) is 3.98. The van der Waals surface area contributed by atoms with Gasteiger partial charge in [0.25, 0.3) is 0 Å². The largest absolute Gasteiger partial charge is 0.481 e. The lowest BCUT2D eigenvalue weighted by Crippen LogP contribution is -2.54. The zero-order valence-corrected chi connectivity index (χ0v) is 14.6. The molecule has 0 aromatic carbocycles. The van der Waals surface area contributed by atoms with Crippen molar-refractivity contribution in [2.75, 3.05) is 6.54 Å². The summed E-state index contributed by atoms with van der Waals surface area (Å²) in [6.45, 7) is 4.37. The molecule has 1 saturated heterocycles. The fourth-order valence-electron chi connectivity index (χ4n) is 2.68. The van der Waals surface area contributed by atoms with E-state index in [9.17, 15) is 24.3 Å². The highest BCUT2D eigenvalue weighted by molar-refractivity contribution is 5.92. The lowest BCUT2D eigenvalue weighted by molar-refractivity contribution is -0.143. The normalized spacial score (nSPS) is 19.2. The van der Waals surface area contributed by atoms with Crippen LogP contribution < -0.4 is 16.0 Å². The molecule has 0 aliphatic carbocycles. The summed E-state index contributed by atoms with van der Waals surface area (Å²) in [4.78, 5) is 46.7. The van der Waals surface area contributed by atoms with E-state index in [2.05, 4.69) is 16.0 Å². The minimum absolute atomic E-state index is 0.0520. The van der Waals surface area contributed by atoms with Gasteiger partial charge < -0.3 is 26.2 Å². The van der Waals surface area contributed by atoms with Crippen LogP contribution in [0.2, 0.25) is 0 Å². The monoisotopic (exact) mass is 357 g/mol. The molecule has 142 valence electrons. The van der Waals surface area contributed by atoms with Crippen LogP contribution in [0.15, 0.2) is 0 Å². The number of nitrogens with one attached hydrogen (secondary N) is 3. The van der Waals surface area contributed by atoms with Crippen molar-refractivity contribution >= 4 is 23.8 Å². The van der Waals surface area contributed by atoms with Gasteiger partial charge in [0.05, 0.1) is 6.04 Å². The number of hydrogen-bond acceptors (Lipinski definition) is 5. The molecule has 0 unspecified atom stereocenters. The molecule has 0 aromatic rings. The average Bonchev–Trinajstić information content (AvgIpc) is 3.04. The Bertz CT molecular complexity index is 502. The number of carboxylic acid groups (broad SMARTS) is 2. The van der Waals surface area contributed by atoms with Gasteiger partial charge in [-0.2, -0.15) is 0 Å². The summed E-state index contributed by atoms with van der Waals surface area (Å²) in [6.07, 6.45) is 1.32. The molecule has 0 spiro atoms. The van der Waals surface area contributed by atoms with Gasteiger partial charge in [0, 0.05) is 6.42 Å². The van der Waals surface area contributed by atoms with Crippen molar-refractivity contribution in [3.8, 4) is 0 Å². The fraction of sp³-hybridized carbons (Fsp3) is 0.750. The van der Waals surface area contributed by atoms with E-state index in [4.69, 9.17) is 5.11 Å². The molecule has 1 fully saturated rings. The Kier molecular flexibility index (Phi) is 8.33. The molecule has 2 amide bonds. The van der Waals surface area contributed by atoms with Crippen molar-refractivity contribution in [1.29, 1.82) is 0 Å². The SMILES string of the molecule is CC(C)C[C@H](NC(=O)[C@H](CCC(=O)O)NC(=O)[C@@H]1CCCN1)C(=O)O. The lowest BCUT2D eigenvalue weighted by atomic mass is 10.0. The second kappa shape index (κ2) is 9.97. The Morgan fingerprint density at radius 2 is 1.80 bits per heavy atom. The van der Waals surface area contributed by atoms with E-state index >= 15 is 0 Å². The summed E-state index contributed by atoms with van der Waals surface area (Å²) in [7, 11) is 0. The predicted octanol–water partition coefficient (Wildman–Crippen LogP) is -0.296. The van der Waals surface area contributed by atoms with E-state index in [1.807, 2.05) is 13.8 Å². The Morgan fingerprint density at radius 3 is 2.28 bits per heavy atom. The number of hydrogen-bond donors (Lipinski definition) is 5. The second-order valence-corrected chi connectivity index (χ2v) is 6.67. The van der Waals surface area contributed by atoms with Crippen LogP contribution in [0.5, 0.6) is 0 Å². The van der Waals surface area contributed by atoms with E-state index in [-0.39, 0.29) is 31.1 Å². The first-order chi connectivity index (χ1) is 11.7. The molecule has 5 N–H and O–H groups in total. The molecule has 0 bridgehead atoms. The highest BCUT2D eigenvalue weighted by Crippen LogP contribution is 2.09. The highest BCUT2D eigenvalue weighted by atomic mass is 16.4. The number of amides is 2. The Labute approximate surface area is 146 Å². The number of carbonyl (C=O) groups is 4. The summed E-state index contributed by atoms with van der Waals surface area (Å²) in [5.74, 6) is -3.26. The molecular formula is C16H27N3O6. The Hall–Kier alpha value is -2.16. The molecule has 1 rings (SSSR count). The Balaban J connectivity index is 2.74. The second-order valence-electron chi connectivity index (χ2n) is 6.67. The number of carboxylic acids is 2. The molecule has 9 nitrogen and oxygen atoms in total. The van der Waals surface area contributed by atoms with Crippen LogP contribution in [0.4, 0.5) is 0 Å². The maximum Gasteiger partial charge on any atom is 0.326 e. The van der Waals surface area contributed by atoms with Crippen LogP contribution in [0, 0.1) is 5.92 Å². The molecule has 1 aliphatic heterocycles. The molecule has 9 heteroatoms. The highest BCUT2D eigenvalue weighted by Gasteiger charge is 2.30. The van der Waals surface area contributed by atoms with Crippen LogP contribution in [0.3, 0.4) is 0 Å². The van der Waals surface area contributed by atoms with Gasteiger partial charge in [-0.25, -0.2) is 4.79 Å². The van der Waals surface area contributed by atoms with Crippen molar-refractivity contribution in [1.82, 2.24) is 16.0 Å². The van der Waals surface area contributed by atoms with Gasteiger partial charge in [0.2, 0.25) is 11.8 Å². The third-order valence-corrected chi connectivity index (χ3v) is 3.98. The summed E-state index contributed by atoms with van der Waals surface area (Å²) >= 11 is 0. The smallest absolute Gasteiger partial charge is 0.326 e. The number of rotatable bonds is 10. The first-order valence-electron chi connectivity index (χ1n) is 8.49. The van der Waals surface area contributed by atoms with E-state index in [0.29, 0.717) is 13.0 Å². The van der Waals surface area contributed by atoms with Crippen molar-refractivity contribution in [3.05, 3.63) is 0 Å². The van der Waals surface area contributed by atoms with Gasteiger partial charge in [-0.15, -0.1) is 0 Å². The summed E-state index contributed by atoms with van der Waals surface area (Å²) in [5.41, 5.74) is 0. The maximum absolute atomic E-state index is 12.4. The van der Waals surface area contributed by atoms with Gasteiger partial charge in [0.15, 0.2) is 0 Å². The molecule has 25 heavy (non-hydrogen) atoms. The first kappa shape index (κ1) is 20.9. The van der Waals surface area contributed by atoms with E-state index < -0.39 is 36.0 Å².